The third kappa shape index (κ3) is 4.21. The van der Waals surface area contributed by atoms with E-state index >= 15 is 0 Å². The molecule has 1 rings (SSSR count). The van der Waals surface area contributed by atoms with Gasteiger partial charge in [0.25, 0.3) is 0 Å². The number of hydrogen-bond acceptors (Lipinski definition) is 5. The van der Waals surface area contributed by atoms with Crippen LogP contribution in [0.4, 0.5) is 0 Å². The normalized spacial score (nSPS) is 20.2. The molecule has 0 spiro atoms. The molecule has 0 bridgehead atoms. The smallest absolute Gasteiger partial charge is 0.119 e. The van der Waals surface area contributed by atoms with E-state index in [1.54, 1.807) is 6.21 Å². The van der Waals surface area contributed by atoms with E-state index in [0.29, 0.717) is 18.9 Å². The highest BCUT2D eigenvalue weighted by Gasteiger charge is 2.13. The molecule has 5 nitrogen and oxygen atoms in total. The minimum Gasteiger partial charge on any atom is -0.396 e. The van der Waals surface area contributed by atoms with Crippen LogP contribution in [0.25, 0.3) is 0 Å². The van der Waals surface area contributed by atoms with E-state index < -0.39 is 6.10 Å². The van der Waals surface area contributed by atoms with E-state index in [0.717, 1.165) is 13.1 Å². The Morgan fingerprint density at radius 1 is 1.62 bits per heavy atom. The van der Waals surface area contributed by atoms with Crippen molar-refractivity contribution < 1.29 is 15.1 Å². The summed E-state index contributed by atoms with van der Waals surface area (Å²) in [6.45, 7) is 2.05. The van der Waals surface area contributed by atoms with Gasteiger partial charge in [0, 0.05) is 31.6 Å². The molecule has 0 aromatic rings. The fourth-order valence-corrected chi connectivity index (χ4v) is 0.878. The second-order valence-electron chi connectivity index (χ2n) is 3.13. The fraction of sp³-hybridized carbons (Fsp3) is 0.875. The Kier molecular flexibility index (Phi) is 4.74. The zero-order valence-corrected chi connectivity index (χ0v) is 7.52. The van der Waals surface area contributed by atoms with E-state index in [2.05, 4.69) is 10.5 Å². The standard InChI is InChI=1S/C8H16N2O3/c11-6-8(12)1-2-13-10-5-7-3-9-4-7/h5,7-9,11-12H,1-4,6H2. The third-order valence-electron chi connectivity index (χ3n) is 1.91. The SMILES string of the molecule is OCC(O)CCON=CC1CNC1. The second-order valence-corrected chi connectivity index (χ2v) is 3.13. The van der Waals surface area contributed by atoms with Crippen LogP contribution in [-0.4, -0.2) is 48.8 Å². The summed E-state index contributed by atoms with van der Waals surface area (Å²) in [5.41, 5.74) is 0. The lowest BCUT2D eigenvalue weighted by molar-refractivity contribution is 0.0504. The molecule has 1 heterocycles. The largest absolute Gasteiger partial charge is 0.396 e. The number of hydrogen-bond donors (Lipinski definition) is 3. The van der Waals surface area contributed by atoms with Crippen LogP contribution in [-0.2, 0) is 4.84 Å². The van der Waals surface area contributed by atoms with Crippen LogP contribution >= 0.6 is 0 Å². The van der Waals surface area contributed by atoms with Crippen molar-refractivity contribution in [2.75, 3.05) is 26.3 Å². The van der Waals surface area contributed by atoms with Gasteiger partial charge >= 0.3 is 0 Å². The Morgan fingerprint density at radius 2 is 2.38 bits per heavy atom. The summed E-state index contributed by atoms with van der Waals surface area (Å²) in [6, 6.07) is 0. The summed E-state index contributed by atoms with van der Waals surface area (Å²) >= 11 is 0. The Labute approximate surface area is 77.4 Å². The van der Waals surface area contributed by atoms with Crippen LogP contribution in [0.15, 0.2) is 5.16 Å². The summed E-state index contributed by atoms with van der Waals surface area (Å²) in [4.78, 5) is 4.88. The number of oxime groups is 1. The number of rotatable bonds is 6. The number of nitrogens with zero attached hydrogens (tertiary/aromatic N) is 1. The predicted octanol–water partition coefficient (Wildman–Crippen LogP) is -1.05. The maximum absolute atomic E-state index is 8.93. The molecular weight excluding hydrogens is 172 g/mol. The third-order valence-corrected chi connectivity index (χ3v) is 1.91. The van der Waals surface area contributed by atoms with E-state index in [9.17, 15) is 0 Å². The Morgan fingerprint density at radius 3 is 2.92 bits per heavy atom. The first-order chi connectivity index (χ1) is 6.33. The zero-order valence-electron chi connectivity index (χ0n) is 7.52. The minimum atomic E-state index is -0.694. The van der Waals surface area contributed by atoms with Gasteiger partial charge in [-0.05, 0) is 0 Å². The fourth-order valence-electron chi connectivity index (χ4n) is 0.878. The highest BCUT2D eigenvalue weighted by atomic mass is 16.6. The lowest BCUT2D eigenvalue weighted by atomic mass is 10.1. The van der Waals surface area contributed by atoms with Crippen molar-refractivity contribution in [1.82, 2.24) is 5.32 Å². The molecule has 0 aromatic heterocycles. The maximum Gasteiger partial charge on any atom is 0.119 e. The maximum atomic E-state index is 8.93. The summed E-state index contributed by atoms with van der Waals surface area (Å²) in [7, 11) is 0. The van der Waals surface area contributed by atoms with Gasteiger partial charge in [-0.25, -0.2) is 0 Å². The Bertz CT molecular complexity index is 159. The molecule has 1 aliphatic rings. The summed E-state index contributed by atoms with van der Waals surface area (Å²) in [5.74, 6) is 0.489. The topological polar surface area (TPSA) is 74.1 Å². The summed E-state index contributed by atoms with van der Waals surface area (Å²) < 4.78 is 0. The van der Waals surface area contributed by atoms with Crippen LogP contribution in [0, 0.1) is 5.92 Å². The van der Waals surface area contributed by atoms with Gasteiger partial charge in [0.1, 0.15) is 6.61 Å². The highest BCUT2D eigenvalue weighted by molar-refractivity contribution is 5.61. The van der Waals surface area contributed by atoms with Crippen molar-refractivity contribution in [3.8, 4) is 0 Å². The first kappa shape index (κ1) is 10.4. The molecule has 1 atom stereocenters. The van der Waals surface area contributed by atoms with Gasteiger partial charge in [-0.2, -0.15) is 0 Å². The molecule has 5 heteroatoms. The van der Waals surface area contributed by atoms with Gasteiger partial charge < -0.3 is 20.4 Å². The summed E-state index contributed by atoms with van der Waals surface area (Å²) in [6.07, 6.45) is 1.49. The number of aliphatic hydroxyl groups excluding tert-OH is 2. The lowest BCUT2D eigenvalue weighted by Gasteiger charge is -2.22. The zero-order chi connectivity index (χ0) is 9.52. The van der Waals surface area contributed by atoms with Gasteiger partial charge in [0.15, 0.2) is 0 Å². The van der Waals surface area contributed by atoms with Gasteiger partial charge in [-0.15, -0.1) is 0 Å². The quantitative estimate of drug-likeness (QED) is 0.282. The molecule has 0 aromatic carbocycles. The predicted molar refractivity (Wildman–Crippen MR) is 48.5 cm³/mol. The van der Waals surface area contributed by atoms with Crippen molar-refractivity contribution in [2.24, 2.45) is 11.1 Å². The molecule has 1 saturated heterocycles. The van der Waals surface area contributed by atoms with Gasteiger partial charge in [0.2, 0.25) is 0 Å². The van der Waals surface area contributed by atoms with Gasteiger partial charge in [-0.3, -0.25) is 0 Å². The molecule has 76 valence electrons. The van der Waals surface area contributed by atoms with Crippen LogP contribution in [0.5, 0.6) is 0 Å². The average Bonchev–Trinajstić information content (AvgIpc) is 2.07. The van der Waals surface area contributed by atoms with Crippen molar-refractivity contribution in [3.63, 3.8) is 0 Å². The highest BCUT2D eigenvalue weighted by Crippen LogP contribution is 1.98. The van der Waals surface area contributed by atoms with E-state index in [4.69, 9.17) is 15.1 Å². The van der Waals surface area contributed by atoms with E-state index in [-0.39, 0.29) is 6.61 Å². The van der Waals surface area contributed by atoms with Gasteiger partial charge in [-0.1, -0.05) is 5.16 Å². The van der Waals surface area contributed by atoms with E-state index in [1.807, 2.05) is 0 Å². The summed E-state index contributed by atoms with van der Waals surface area (Å²) in [5, 5.41) is 24.3. The second kappa shape index (κ2) is 5.90. The van der Waals surface area contributed by atoms with Crippen molar-refractivity contribution >= 4 is 6.21 Å². The molecule has 13 heavy (non-hydrogen) atoms. The monoisotopic (exact) mass is 188 g/mol. The lowest BCUT2D eigenvalue weighted by Crippen LogP contribution is -2.42. The van der Waals surface area contributed by atoms with Crippen LogP contribution in [0.3, 0.4) is 0 Å². The van der Waals surface area contributed by atoms with Crippen molar-refractivity contribution in [3.05, 3.63) is 0 Å². The molecule has 0 amide bonds. The minimum absolute atomic E-state index is 0.223. The molecule has 1 aliphatic heterocycles. The first-order valence-corrected chi connectivity index (χ1v) is 4.48. The van der Waals surface area contributed by atoms with Crippen LogP contribution < -0.4 is 5.32 Å². The molecule has 1 fully saturated rings. The van der Waals surface area contributed by atoms with Crippen LogP contribution in [0.1, 0.15) is 6.42 Å². The Hall–Kier alpha value is -0.650. The van der Waals surface area contributed by atoms with Crippen LogP contribution in [0.2, 0.25) is 0 Å². The van der Waals surface area contributed by atoms with Gasteiger partial charge in [0.05, 0.1) is 12.7 Å². The van der Waals surface area contributed by atoms with Crippen molar-refractivity contribution in [1.29, 1.82) is 0 Å². The molecular formula is C8H16N2O3. The molecule has 0 saturated carbocycles. The molecule has 0 aliphatic carbocycles. The number of aliphatic hydroxyl groups is 2. The molecule has 3 N–H and O–H groups in total. The number of nitrogens with one attached hydrogen (secondary N) is 1. The average molecular weight is 188 g/mol. The molecule has 0 radical (unpaired) electrons. The Balaban J connectivity index is 1.90. The van der Waals surface area contributed by atoms with E-state index in [1.165, 1.54) is 0 Å². The molecule has 1 unspecified atom stereocenters. The van der Waals surface area contributed by atoms with Crippen molar-refractivity contribution in [2.45, 2.75) is 12.5 Å². The first-order valence-electron chi connectivity index (χ1n) is 4.48.